The minimum Gasteiger partial charge on any atom is -0.507 e. The van der Waals surface area contributed by atoms with E-state index >= 15 is 0 Å². The quantitative estimate of drug-likeness (QED) is 0.679. The van der Waals surface area contributed by atoms with E-state index in [1.165, 1.54) is 0 Å². The molecular formula is C23H30ClN3O5. The summed E-state index contributed by atoms with van der Waals surface area (Å²) in [4.78, 5) is 29.4. The van der Waals surface area contributed by atoms with Crippen LogP contribution in [0.4, 0.5) is 4.79 Å². The molecule has 2 heterocycles. The van der Waals surface area contributed by atoms with Crippen molar-refractivity contribution in [2.45, 2.75) is 26.4 Å². The zero-order valence-corrected chi connectivity index (χ0v) is 19.5. The van der Waals surface area contributed by atoms with Gasteiger partial charge in [0.1, 0.15) is 5.75 Å². The Morgan fingerprint density at radius 2 is 1.84 bits per heavy atom. The first kappa shape index (κ1) is 24.1. The highest BCUT2D eigenvalue weighted by molar-refractivity contribution is 6.30. The van der Waals surface area contributed by atoms with Crippen LogP contribution in [0.1, 0.15) is 29.8 Å². The molecule has 1 aromatic carbocycles. The van der Waals surface area contributed by atoms with E-state index in [-0.39, 0.29) is 17.4 Å². The number of piperazine rings is 1. The number of carbonyl (C=O) groups excluding carboxylic acids is 1. The van der Waals surface area contributed by atoms with Crippen molar-refractivity contribution in [3.05, 3.63) is 62.5 Å². The predicted molar refractivity (Wildman–Crippen MR) is 122 cm³/mol. The fourth-order valence-corrected chi connectivity index (χ4v) is 4.19. The summed E-state index contributed by atoms with van der Waals surface area (Å²) in [6, 6.07) is 8.40. The maximum Gasteiger partial charge on any atom is 0.409 e. The number of amides is 1. The van der Waals surface area contributed by atoms with Crippen LogP contribution in [-0.2, 0) is 16.0 Å². The molecular weight excluding hydrogens is 434 g/mol. The van der Waals surface area contributed by atoms with Crippen molar-refractivity contribution in [3.63, 3.8) is 0 Å². The second-order valence-electron chi connectivity index (χ2n) is 7.71. The number of ether oxygens (including phenoxy) is 2. The Bertz CT molecular complexity index is 984. The number of aromatic nitrogens is 1. The van der Waals surface area contributed by atoms with Crippen LogP contribution in [0, 0.1) is 6.92 Å². The van der Waals surface area contributed by atoms with Crippen molar-refractivity contribution in [2.75, 3.05) is 46.5 Å². The molecule has 1 aromatic heterocycles. The number of aryl methyl sites for hydroxylation is 1. The van der Waals surface area contributed by atoms with Crippen molar-refractivity contribution in [1.29, 1.82) is 0 Å². The Kier molecular flexibility index (Phi) is 8.17. The second kappa shape index (κ2) is 10.8. The van der Waals surface area contributed by atoms with E-state index in [0.717, 1.165) is 5.56 Å². The molecule has 1 fully saturated rings. The molecule has 1 amide bonds. The highest BCUT2D eigenvalue weighted by atomic mass is 35.5. The number of aromatic hydroxyl groups is 1. The predicted octanol–water partition coefficient (Wildman–Crippen LogP) is 3.03. The molecule has 0 bridgehead atoms. The molecule has 1 unspecified atom stereocenters. The van der Waals surface area contributed by atoms with E-state index in [1.54, 1.807) is 48.6 Å². The van der Waals surface area contributed by atoms with Gasteiger partial charge in [-0.1, -0.05) is 23.7 Å². The van der Waals surface area contributed by atoms with Gasteiger partial charge in [-0.3, -0.25) is 9.69 Å². The molecule has 1 aliphatic rings. The van der Waals surface area contributed by atoms with Gasteiger partial charge < -0.3 is 24.0 Å². The number of carbonyl (C=O) groups is 1. The number of pyridine rings is 1. The van der Waals surface area contributed by atoms with E-state index in [0.29, 0.717) is 62.2 Å². The fourth-order valence-electron chi connectivity index (χ4n) is 4.07. The van der Waals surface area contributed by atoms with Crippen LogP contribution >= 0.6 is 11.6 Å². The van der Waals surface area contributed by atoms with Crippen LogP contribution in [0.3, 0.4) is 0 Å². The van der Waals surface area contributed by atoms with Crippen LogP contribution < -0.4 is 5.56 Å². The topological polar surface area (TPSA) is 84.2 Å². The van der Waals surface area contributed by atoms with E-state index in [1.807, 2.05) is 12.1 Å². The first-order valence-electron chi connectivity index (χ1n) is 10.7. The summed E-state index contributed by atoms with van der Waals surface area (Å²) in [5.41, 5.74) is 1.55. The van der Waals surface area contributed by atoms with Crippen molar-refractivity contribution in [3.8, 4) is 5.75 Å². The lowest BCUT2D eigenvalue weighted by atomic mass is 9.96. The van der Waals surface area contributed by atoms with Crippen molar-refractivity contribution in [2.24, 2.45) is 0 Å². The maximum absolute atomic E-state index is 13.5. The lowest BCUT2D eigenvalue weighted by molar-refractivity contribution is 0.0709. The molecule has 1 saturated heterocycles. The van der Waals surface area contributed by atoms with Gasteiger partial charge in [0.25, 0.3) is 5.56 Å². The van der Waals surface area contributed by atoms with E-state index in [2.05, 4.69) is 4.90 Å². The first-order chi connectivity index (χ1) is 15.4. The Balaban J connectivity index is 2.01. The van der Waals surface area contributed by atoms with Gasteiger partial charge in [0.2, 0.25) is 0 Å². The number of nitrogens with zero attached hydrogens (tertiary/aromatic N) is 3. The normalized spacial score (nSPS) is 15.6. The minimum atomic E-state index is -0.487. The van der Waals surface area contributed by atoms with Crippen molar-refractivity contribution < 1.29 is 19.4 Å². The van der Waals surface area contributed by atoms with Gasteiger partial charge in [0.15, 0.2) is 0 Å². The van der Waals surface area contributed by atoms with E-state index in [4.69, 9.17) is 21.1 Å². The van der Waals surface area contributed by atoms with E-state index in [9.17, 15) is 14.7 Å². The molecule has 8 nitrogen and oxygen atoms in total. The van der Waals surface area contributed by atoms with Gasteiger partial charge in [-0.2, -0.15) is 0 Å². The molecule has 0 spiro atoms. The summed E-state index contributed by atoms with van der Waals surface area (Å²) in [5.74, 6) is -0.0473. The molecule has 32 heavy (non-hydrogen) atoms. The Labute approximate surface area is 192 Å². The maximum atomic E-state index is 13.5. The molecule has 9 heteroatoms. The number of benzene rings is 1. The Morgan fingerprint density at radius 3 is 2.44 bits per heavy atom. The molecule has 1 aliphatic heterocycles. The highest BCUT2D eigenvalue weighted by Crippen LogP contribution is 2.33. The standard InChI is InChI=1S/C23H30ClN3O5/c1-4-32-23(30)26-11-9-25(10-12-26)21(17-5-7-18(24)8-6-17)20-19(28)15-16(2)27(22(20)29)13-14-31-3/h5-8,15,21,28H,4,9-14H2,1-3H3. The third-order valence-corrected chi connectivity index (χ3v) is 5.96. The van der Waals surface area contributed by atoms with Crippen molar-refractivity contribution in [1.82, 2.24) is 14.4 Å². The summed E-state index contributed by atoms with van der Waals surface area (Å²) in [6.07, 6.45) is -0.338. The fraction of sp³-hybridized carbons (Fsp3) is 0.478. The molecule has 1 N–H and O–H groups in total. The van der Waals surface area contributed by atoms with Gasteiger partial charge in [0, 0.05) is 50.6 Å². The van der Waals surface area contributed by atoms with Gasteiger partial charge >= 0.3 is 6.09 Å². The van der Waals surface area contributed by atoms with E-state index < -0.39 is 6.04 Å². The number of hydrogen-bond donors (Lipinski definition) is 1. The number of rotatable bonds is 7. The zero-order chi connectivity index (χ0) is 23.3. The van der Waals surface area contributed by atoms with Gasteiger partial charge in [0.05, 0.1) is 24.8 Å². The van der Waals surface area contributed by atoms with Gasteiger partial charge in [-0.15, -0.1) is 0 Å². The monoisotopic (exact) mass is 463 g/mol. The van der Waals surface area contributed by atoms with Crippen LogP contribution in [0.25, 0.3) is 0 Å². The Hall–Kier alpha value is -2.55. The number of methoxy groups -OCH3 is 1. The van der Waals surface area contributed by atoms with Crippen molar-refractivity contribution >= 4 is 17.7 Å². The van der Waals surface area contributed by atoms with Crippen LogP contribution in [-0.4, -0.2) is 72.1 Å². The molecule has 0 radical (unpaired) electrons. The average Bonchev–Trinajstić information content (AvgIpc) is 2.77. The molecule has 0 aliphatic carbocycles. The summed E-state index contributed by atoms with van der Waals surface area (Å²) in [7, 11) is 1.58. The van der Waals surface area contributed by atoms with Crippen LogP contribution in [0.15, 0.2) is 35.1 Å². The van der Waals surface area contributed by atoms with Gasteiger partial charge in [-0.25, -0.2) is 4.79 Å². The Morgan fingerprint density at radius 1 is 1.19 bits per heavy atom. The van der Waals surface area contributed by atoms with Gasteiger partial charge in [-0.05, 0) is 37.6 Å². The molecule has 1 atom stereocenters. The minimum absolute atomic E-state index is 0.0473. The largest absolute Gasteiger partial charge is 0.507 e. The molecule has 3 rings (SSSR count). The third kappa shape index (κ3) is 5.26. The zero-order valence-electron chi connectivity index (χ0n) is 18.7. The second-order valence-corrected chi connectivity index (χ2v) is 8.15. The first-order valence-corrected chi connectivity index (χ1v) is 11.1. The van der Waals surface area contributed by atoms with Crippen LogP contribution in [0.5, 0.6) is 5.75 Å². The summed E-state index contributed by atoms with van der Waals surface area (Å²) >= 11 is 6.10. The third-order valence-electron chi connectivity index (χ3n) is 5.71. The van der Waals surface area contributed by atoms with Crippen LogP contribution in [0.2, 0.25) is 5.02 Å². The summed E-state index contributed by atoms with van der Waals surface area (Å²) in [5, 5.41) is 11.5. The SMILES string of the molecule is CCOC(=O)N1CCN(C(c2ccc(Cl)cc2)c2c(O)cc(C)n(CCOC)c2=O)CC1. The molecule has 2 aromatic rings. The number of hydrogen-bond acceptors (Lipinski definition) is 6. The average molecular weight is 464 g/mol. The molecule has 174 valence electrons. The summed E-state index contributed by atoms with van der Waals surface area (Å²) in [6.45, 7) is 6.64. The summed E-state index contributed by atoms with van der Waals surface area (Å²) < 4.78 is 11.9. The smallest absolute Gasteiger partial charge is 0.409 e. The molecule has 0 saturated carbocycles. The lowest BCUT2D eigenvalue weighted by Gasteiger charge is -2.39. The number of halogens is 1. The highest BCUT2D eigenvalue weighted by Gasteiger charge is 2.32. The lowest BCUT2D eigenvalue weighted by Crippen LogP contribution is -2.50.